The lowest BCUT2D eigenvalue weighted by atomic mass is 10.0. The molecule has 0 amide bonds. The Labute approximate surface area is 179 Å². The number of ether oxygens (including phenoxy) is 2. The van der Waals surface area contributed by atoms with Gasteiger partial charge in [0.1, 0.15) is 11.5 Å². The molecular formula is C21H21N3O6S. The van der Waals surface area contributed by atoms with Crippen LogP contribution in [0.25, 0.3) is 0 Å². The van der Waals surface area contributed by atoms with E-state index in [4.69, 9.17) is 9.47 Å². The molecular weight excluding hydrogens is 422 g/mol. The quantitative estimate of drug-likeness (QED) is 0.428. The van der Waals surface area contributed by atoms with E-state index in [2.05, 4.69) is 0 Å². The monoisotopic (exact) mass is 443 g/mol. The molecule has 1 unspecified atom stereocenters. The highest BCUT2D eigenvalue weighted by atomic mass is 32.2. The van der Waals surface area contributed by atoms with Crippen LogP contribution in [0.5, 0.6) is 11.5 Å². The minimum absolute atomic E-state index is 0.149. The van der Waals surface area contributed by atoms with Gasteiger partial charge in [0.25, 0.3) is 15.7 Å². The number of aromatic nitrogens is 1. The van der Waals surface area contributed by atoms with Crippen LogP contribution in [0.1, 0.15) is 17.3 Å². The molecule has 0 saturated heterocycles. The van der Waals surface area contributed by atoms with Gasteiger partial charge in [-0.25, -0.2) is 8.42 Å². The van der Waals surface area contributed by atoms with E-state index in [0.717, 1.165) is 5.69 Å². The van der Waals surface area contributed by atoms with Crippen molar-refractivity contribution in [3.63, 3.8) is 0 Å². The van der Waals surface area contributed by atoms with E-state index < -0.39 is 26.7 Å². The Balaban J connectivity index is 1.91. The van der Waals surface area contributed by atoms with Crippen LogP contribution in [0, 0.1) is 10.1 Å². The Morgan fingerprint density at radius 2 is 1.81 bits per heavy atom. The largest absolute Gasteiger partial charge is 0.497 e. The van der Waals surface area contributed by atoms with Gasteiger partial charge in [0, 0.05) is 42.7 Å². The summed E-state index contributed by atoms with van der Waals surface area (Å²) in [5.41, 5.74) is 0.908. The van der Waals surface area contributed by atoms with Crippen LogP contribution in [0.4, 0.5) is 5.69 Å². The molecule has 10 heteroatoms. The maximum absolute atomic E-state index is 13.7. The summed E-state index contributed by atoms with van der Waals surface area (Å²) in [5.74, 6) is 1.03. The number of nitro groups is 1. The molecule has 2 aromatic carbocycles. The zero-order valence-corrected chi connectivity index (χ0v) is 17.8. The van der Waals surface area contributed by atoms with Gasteiger partial charge < -0.3 is 14.0 Å². The van der Waals surface area contributed by atoms with Gasteiger partial charge in [-0.15, -0.1) is 0 Å². The van der Waals surface area contributed by atoms with E-state index >= 15 is 0 Å². The molecule has 1 aliphatic heterocycles. The molecule has 9 nitrogen and oxygen atoms in total. The average molecular weight is 443 g/mol. The van der Waals surface area contributed by atoms with Crippen molar-refractivity contribution in [2.45, 2.75) is 17.5 Å². The van der Waals surface area contributed by atoms with Crippen LogP contribution in [0.3, 0.4) is 0 Å². The first kappa shape index (κ1) is 20.9. The molecule has 162 valence electrons. The summed E-state index contributed by atoms with van der Waals surface area (Å²) < 4.78 is 41.5. The van der Waals surface area contributed by atoms with E-state index in [1.54, 1.807) is 18.2 Å². The highest BCUT2D eigenvalue weighted by Crippen LogP contribution is 2.42. The lowest BCUT2D eigenvalue weighted by molar-refractivity contribution is -0.387. The lowest BCUT2D eigenvalue weighted by Crippen LogP contribution is -2.42. The van der Waals surface area contributed by atoms with Crippen LogP contribution < -0.4 is 9.47 Å². The van der Waals surface area contributed by atoms with Crippen molar-refractivity contribution in [3.8, 4) is 11.5 Å². The average Bonchev–Trinajstić information content (AvgIpc) is 3.27. The van der Waals surface area contributed by atoms with Crippen molar-refractivity contribution in [1.82, 2.24) is 8.87 Å². The maximum atomic E-state index is 13.7. The van der Waals surface area contributed by atoms with Crippen molar-refractivity contribution >= 4 is 15.7 Å². The highest BCUT2D eigenvalue weighted by Gasteiger charge is 2.41. The van der Waals surface area contributed by atoms with Crippen LogP contribution in [-0.2, 0) is 16.6 Å². The topological polar surface area (TPSA) is 104 Å². The number of sulfonamides is 1. The highest BCUT2D eigenvalue weighted by molar-refractivity contribution is 7.89. The van der Waals surface area contributed by atoms with Gasteiger partial charge in [-0.3, -0.25) is 10.1 Å². The Morgan fingerprint density at radius 3 is 2.52 bits per heavy atom. The molecule has 2 heterocycles. The number of methoxy groups -OCH3 is 2. The number of nitrogens with zero attached hydrogens (tertiary/aromatic N) is 3. The molecule has 0 N–H and O–H groups in total. The number of nitro benzene ring substituents is 1. The number of hydrogen-bond acceptors (Lipinski definition) is 6. The van der Waals surface area contributed by atoms with Gasteiger partial charge in [0.2, 0.25) is 0 Å². The molecule has 0 aliphatic carbocycles. The van der Waals surface area contributed by atoms with E-state index in [1.165, 1.54) is 42.8 Å². The fourth-order valence-corrected chi connectivity index (χ4v) is 5.66. The number of benzene rings is 2. The van der Waals surface area contributed by atoms with Gasteiger partial charge in [0.05, 0.1) is 25.2 Å². The first-order chi connectivity index (χ1) is 14.9. The summed E-state index contributed by atoms with van der Waals surface area (Å²) >= 11 is 0. The predicted octanol–water partition coefficient (Wildman–Crippen LogP) is 3.21. The van der Waals surface area contributed by atoms with E-state index in [-0.39, 0.29) is 11.4 Å². The van der Waals surface area contributed by atoms with Gasteiger partial charge in [0.15, 0.2) is 4.90 Å². The standard InChI is InChI=1S/C21H21N3O6S/c1-29-15-9-10-16(19(14-15)30-2)21-18-7-5-11-22(18)12-13-23(21)31(27,28)20-8-4-3-6-17(20)24(25)26/h3-11,14,21H,12-13H2,1-2H3. The normalized spacial score (nSPS) is 16.5. The van der Waals surface area contributed by atoms with Crippen molar-refractivity contribution in [3.05, 3.63) is 82.2 Å². The maximum Gasteiger partial charge on any atom is 0.289 e. The zero-order chi connectivity index (χ0) is 22.2. The Bertz CT molecular complexity index is 1240. The molecule has 1 aliphatic rings. The van der Waals surface area contributed by atoms with Crippen LogP contribution in [0.15, 0.2) is 65.7 Å². The number of fused-ring (bicyclic) bond motifs is 1. The van der Waals surface area contributed by atoms with Crippen molar-refractivity contribution < 1.29 is 22.8 Å². The summed E-state index contributed by atoms with van der Waals surface area (Å²) in [5, 5.41) is 11.5. The molecule has 0 fully saturated rings. The molecule has 0 bridgehead atoms. The molecule has 3 aromatic rings. The summed E-state index contributed by atoms with van der Waals surface area (Å²) in [6.45, 7) is 0.576. The van der Waals surface area contributed by atoms with Crippen molar-refractivity contribution in [2.75, 3.05) is 20.8 Å². The first-order valence-corrected chi connectivity index (χ1v) is 10.9. The second kappa shape index (κ2) is 8.05. The smallest absolute Gasteiger partial charge is 0.289 e. The molecule has 0 saturated carbocycles. The molecule has 0 spiro atoms. The van der Waals surface area contributed by atoms with Crippen molar-refractivity contribution in [1.29, 1.82) is 0 Å². The zero-order valence-electron chi connectivity index (χ0n) is 17.0. The fourth-order valence-electron chi connectivity index (χ4n) is 3.93. The molecule has 0 radical (unpaired) electrons. The molecule has 1 aromatic heterocycles. The van der Waals surface area contributed by atoms with Crippen LogP contribution in [-0.4, -0.2) is 43.0 Å². The lowest BCUT2D eigenvalue weighted by Gasteiger charge is -2.36. The number of rotatable bonds is 6. The van der Waals surface area contributed by atoms with Crippen LogP contribution in [0.2, 0.25) is 0 Å². The minimum atomic E-state index is -4.20. The fraction of sp³-hybridized carbons (Fsp3) is 0.238. The van der Waals surface area contributed by atoms with E-state index in [1.807, 2.05) is 22.9 Å². The third-order valence-corrected chi connectivity index (χ3v) is 7.29. The molecule has 4 rings (SSSR count). The molecule has 31 heavy (non-hydrogen) atoms. The predicted molar refractivity (Wildman–Crippen MR) is 113 cm³/mol. The third-order valence-electron chi connectivity index (χ3n) is 5.38. The minimum Gasteiger partial charge on any atom is -0.497 e. The van der Waals surface area contributed by atoms with Crippen molar-refractivity contribution in [2.24, 2.45) is 0 Å². The SMILES string of the molecule is COc1ccc(C2c3cccn3CCN2S(=O)(=O)c2ccccc2[N+](=O)[O-])c(OC)c1. The van der Waals surface area contributed by atoms with E-state index in [0.29, 0.717) is 23.6 Å². The summed E-state index contributed by atoms with van der Waals surface area (Å²) in [7, 11) is -1.17. The summed E-state index contributed by atoms with van der Waals surface area (Å²) in [4.78, 5) is 10.5. The molecule has 1 atom stereocenters. The number of para-hydroxylation sites is 1. The van der Waals surface area contributed by atoms with E-state index in [9.17, 15) is 18.5 Å². The Kier molecular flexibility index (Phi) is 5.42. The summed E-state index contributed by atoms with van der Waals surface area (Å²) in [6.07, 6.45) is 1.88. The third kappa shape index (κ3) is 3.53. The number of hydrogen-bond donors (Lipinski definition) is 0. The van der Waals surface area contributed by atoms with Crippen LogP contribution >= 0.6 is 0 Å². The van der Waals surface area contributed by atoms with Gasteiger partial charge in [-0.1, -0.05) is 12.1 Å². The second-order valence-corrected chi connectivity index (χ2v) is 8.84. The van der Waals surface area contributed by atoms with Gasteiger partial charge in [-0.2, -0.15) is 4.31 Å². The Morgan fingerprint density at radius 1 is 1.03 bits per heavy atom. The van der Waals surface area contributed by atoms with Gasteiger partial charge >= 0.3 is 0 Å². The Hall–Kier alpha value is -3.37. The summed E-state index contributed by atoms with van der Waals surface area (Å²) in [6, 6.07) is 13.5. The second-order valence-electron chi connectivity index (χ2n) is 6.98. The first-order valence-electron chi connectivity index (χ1n) is 9.50. The van der Waals surface area contributed by atoms with Gasteiger partial charge in [-0.05, 0) is 30.3 Å².